The number of allylic oxidation sites excluding steroid dienone is 3. The largest absolute Gasteiger partial charge is 0.290 e. The first-order chi connectivity index (χ1) is 8.12. The van der Waals surface area contributed by atoms with E-state index in [1.807, 2.05) is 6.08 Å². The van der Waals surface area contributed by atoms with Gasteiger partial charge in [-0.3, -0.25) is 4.79 Å². The summed E-state index contributed by atoms with van der Waals surface area (Å²) in [4.78, 5) is 12.0. The Morgan fingerprint density at radius 3 is 2.56 bits per heavy atom. The second kappa shape index (κ2) is 4.21. The lowest BCUT2D eigenvalue weighted by atomic mass is 9.51. The Balaban J connectivity index is 2.44. The van der Waals surface area contributed by atoms with Gasteiger partial charge in [-0.25, -0.2) is 0 Å². The number of halogens is 2. The summed E-state index contributed by atoms with van der Waals surface area (Å²) < 4.78 is 0. The molecule has 0 amide bonds. The lowest BCUT2D eigenvalue weighted by Gasteiger charge is -2.54. The van der Waals surface area contributed by atoms with Gasteiger partial charge in [0.1, 0.15) is 0 Å². The van der Waals surface area contributed by atoms with Crippen LogP contribution in [0.3, 0.4) is 0 Å². The van der Waals surface area contributed by atoms with Gasteiger partial charge in [-0.05, 0) is 43.3 Å². The van der Waals surface area contributed by atoms with Crippen molar-refractivity contribution in [2.75, 3.05) is 0 Å². The zero-order valence-electron chi connectivity index (χ0n) is 11.2. The highest BCUT2D eigenvalue weighted by atomic mass is 79.9. The first-order valence-electron chi connectivity index (χ1n) is 6.38. The molecule has 100 valence electrons. The van der Waals surface area contributed by atoms with Crippen LogP contribution in [-0.4, -0.2) is 15.5 Å². The van der Waals surface area contributed by atoms with Gasteiger partial charge in [-0.1, -0.05) is 42.4 Å². The molecule has 1 spiro atoms. The second-order valence-electron chi connectivity index (χ2n) is 6.43. The molecule has 2 aliphatic carbocycles. The van der Waals surface area contributed by atoms with E-state index in [1.54, 1.807) is 6.08 Å². The van der Waals surface area contributed by atoms with Gasteiger partial charge in [0.05, 0.1) is 4.87 Å². The average Bonchev–Trinajstić information content (AvgIpc) is 2.27. The quantitative estimate of drug-likeness (QED) is 0.467. The van der Waals surface area contributed by atoms with E-state index < -0.39 is 0 Å². The normalized spacial score (nSPS) is 43.5. The van der Waals surface area contributed by atoms with Gasteiger partial charge in [0.15, 0.2) is 5.78 Å². The molecule has 1 nitrogen and oxygen atoms in total. The average molecular weight is 332 g/mol. The van der Waals surface area contributed by atoms with E-state index in [2.05, 4.69) is 43.3 Å². The van der Waals surface area contributed by atoms with Gasteiger partial charge in [-0.15, -0.1) is 11.6 Å². The fourth-order valence-electron chi connectivity index (χ4n) is 3.26. The Bertz CT molecular complexity index is 436. The minimum absolute atomic E-state index is 0.0442. The molecule has 0 N–H and O–H groups in total. The monoisotopic (exact) mass is 330 g/mol. The molecular weight excluding hydrogens is 312 g/mol. The highest BCUT2D eigenvalue weighted by molar-refractivity contribution is 9.09. The Morgan fingerprint density at radius 1 is 1.39 bits per heavy atom. The summed E-state index contributed by atoms with van der Waals surface area (Å²) in [6.07, 6.45) is 6.41. The molecule has 0 aromatic carbocycles. The second-order valence-corrected chi connectivity index (χ2v) is 8.40. The molecule has 0 aliphatic heterocycles. The third kappa shape index (κ3) is 1.92. The Kier molecular flexibility index (Phi) is 3.35. The highest BCUT2D eigenvalue weighted by Crippen LogP contribution is 2.60. The fraction of sp³-hybridized carbons (Fsp3) is 0.667. The smallest absolute Gasteiger partial charge is 0.181 e. The van der Waals surface area contributed by atoms with Crippen LogP contribution in [-0.2, 0) is 4.79 Å². The summed E-state index contributed by atoms with van der Waals surface area (Å²) >= 11 is 10.2. The van der Waals surface area contributed by atoms with Crippen molar-refractivity contribution in [1.82, 2.24) is 0 Å². The maximum Gasteiger partial charge on any atom is 0.181 e. The maximum atomic E-state index is 12.0. The minimum atomic E-state index is -0.230. The summed E-state index contributed by atoms with van der Waals surface area (Å²) in [6.45, 7) is 10.5. The van der Waals surface area contributed by atoms with Crippen LogP contribution in [0.15, 0.2) is 24.3 Å². The van der Waals surface area contributed by atoms with Crippen molar-refractivity contribution >= 4 is 33.3 Å². The standard InChI is InChI=1S/C15H20BrClO/c1-10-11(18)5-6-13(2,3)15(10)8-7-14(4,17)12(16)9-15/h5-6,12H,1,7-9H2,2-4H3/t12-,14+,15?/m0/s1. The van der Waals surface area contributed by atoms with Crippen molar-refractivity contribution in [3.8, 4) is 0 Å². The number of hydrogen-bond acceptors (Lipinski definition) is 1. The van der Waals surface area contributed by atoms with Crippen molar-refractivity contribution < 1.29 is 4.79 Å². The molecule has 2 rings (SSSR count). The van der Waals surface area contributed by atoms with Crippen LogP contribution in [0.4, 0.5) is 0 Å². The lowest BCUT2D eigenvalue weighted by Crippen LogP contribution is -2.51. The van der Waals surface area contributed by atoms with E-state index in [1.165, 1.54) is 0 Å². The van der Waals surface area contributed by atoms with Crippen LogP contribution in [0.1, 0.15) is 40.0 Å². The predicted octanol–water partition coefficient (Wildman–Crippen LogP) is 4.64. The topological polar surface area (TPSA) is 17.1 Å². The molecular formula is C15H20BrClO. The molecule has 1 saturated carbocycles. The van der Waals surface area contributed by atoms with Gasteiger partial charge in [-0.2, -0.15) is 0 Å². The molecule has 1 unspecified atom stereocenters. The van der Waals surface area contributed by atoms with E-state index in [0.717, 1.165) is 24.8 Å². The van der Waals surface area contributed by atoms with E-state index in [4.69, 9.17) is 11.6 Å². The first kappa shape index (κ1) is 14.3. The third-order valence-corrected chi connectivity index (χ3v) is 7.03. The summed E-state index contributed by atoms with van der Waals surface area (Å²) in [6, 6.07) is 0. The molecule has 0 radical (unpaired) electrons. The van der Waals surface area contributed by atoms with Crippen LogP contribution in [0.5, 0.6) is 0 Å². The summed E-state index contributed by atoms with van der Waals surface area (Å²) in [5.74, 6) is 0.0761. The zero-order chi connectivity index (χ0) is 13.8. The molecule has 18 heavy (non-hydrogen) atoms. The molecule has 0 saturated heterocycles. The van der Waals surface area contributed by atoms with Gasteiger partial charge in [0.2, 0.25) is 0 Å². The lowest BCUT2D eigenvalue weighted by molar-refractivity contribution is -0.114. The molecule has 0 aromatic rings. The van der Waals surface area contributed by atoms with Crippen LogP contribution in [0.25, 0.3) is 0 Å². The van der Waals surface area contributed by atoms with Gasteiger partial charge < -0.3 is 0 Å². The third-order valence-electron chi connectivity index (χ3n) is 4.98. The highest BCUT2D eigenvalue weighted by Gasteiger charge is 2.55. The number of ketones is 1. The Morgan fingerprint density at radius 2 is 2.00 bits per heavy atom. The number of alkyl halides is 2. The van der Waals surface area contributed by atoms with Gasteiger partial charge >= 0.3 is 0 Å². The summed E-state index contributed by atoms with van der Waals surface area (Å²) in [5.41, 5.74) is 0.560. The van der Waals surface area contributed by atoms with Gasteiger partial charge in [0, 0.05) is 10.2 Å². The first-order valence-corrected chi connectivity index (χ1v) is 7.68. The fourth-order valence-corrected chi connectivity index (χ4v) is 4.22. The Hall–Kier alpha value is -0.0800. The Labute approximate surface area is 123 Å². The van der Waals surface area contributed by atoms with Crippen molar-refractivity contribution in [3.63, 3.8) is 0 Å². The molecule has 1 fully saturated rings. The van der Waals surface area contributed by atoms with Crippen LogP contribution < -0.4 is 0 Å². The van der Waals surface area contributed by atoms with E-state index in [9.17, 15) is 4.79 Å². The van der Waals surface area contributed by atoms with Crippen LogP contribution in [0.2, 0.25) is 0 Å². The molecule has 0 heterocycles. The van der Waals surface area contributed by atoms with Crippen molar-refractivity contribution in [2.24, 2.45) is 10.8 Å². The SMILES string of the molecule is C=C1C(=O)C=CC(C)(C)C12CC[C@@](C)(Cl)[C@@H](Br)C2. The van der Waals surface area contributed by atoms with Crippen LogP contribution in [0, 0.1) is 10.8 Å². The molecule has 2 aliphatic rings. The van der Waals surface area contributed by atoms with Crippen LogP contribution >= 0.6 is 27.5 Å². The van der Waals surface area contributed by atoms with E-state index in [-0.39, 0.29) is 26.3 Å². The number of carbonyl (C=O) groups is 1. The summed E-state index contributed by atoms with van der Waals surface area (Å²) in [5, 5.41) is 0. The minimum Gasteiger partial charge on any atom is -0.290 e. The summed E-state index contributed by atoms with van der Waals surface area (Å²) in [7, 11) is 0. The molecule has 3 heteroatoms. The molecule has 0 bridgehead atoms. The maximum absolute atomic E-state index is 12.0. The number of carbonyl (C=O) groups excluding carboxylic acids is 1. The van der Waals surface area contributed by atoms with Crippen molar-refractivity contribution in [2.45, 2.75) is 49.7 Å². The number of rotatable bonds is 0. The predicted molar refractivity (Wildman–Crippen MR) is 80.3 cm³/mol. The molecule has 0 aromatic heterocycles. The van der Waals surface area contributed by atoms with E-state index in [0.29, 0.717) is 0 Å². The molecule has 3 atom stereocenters. The van der Waals surface area contributed by atoms with Crippen molar-refractivity contribution in [1.29, 1.82) is 0 Å². The van der Waals surface area contributed by atoms with Gasteiger partial charge in [0.25, 0.3) is 0 Å². The zero-order valence-corrected chi connectivity index (χ0v) is 13.6. The number of hydrogen-bond donors (Lipinski definition) is 0. The van der Waals surface area contributed by atoms with Crippen molar-refractivity contribution in [3.05, 3.63) is 24.3 Å². The van der Waals surface area contributed by atoms with E-state index >= 15 is 0 Å².